The van der Waals surface area contributed by atoms with Crippen LogP contribution in [0.5, 0.6) is 0 Å². The highest BCUT2D eigenvalue weighted by Crippen LogP contribution is 2.16. The van der Waals surface area contributed by atoms with Crippen molar-refractivity contribution in [2.75, 3.05) is 0 Å². The summed E-state index contributed by atoms with van der Waals surface area (Å²) in [4.78, 5) is 22.5. The number of hydrogen-bond donors (Lipinski definition) is 1. The molecule has 0 saturated carbocycles. The smallest absolute Gasteiger partial charge is 0.358 e. The quantitative estimate of drug-likeness (QED) is 0.516. The Hall–Kier alpha value is -2.62. The van der Waals surface area contributed by atoms with E-state index in [1.165, 1.54) is 29.1 Å². The van der Waals surface area contributed by atoms with Gasteiger partial charge in [0.15, 0.2) is 11.2 Å². The SMILES string of the molecule is Cc1cc([N+](=O)[O-])nn1[C@@H](C)C(=O)N/N=C\c1ccc(F)s1. The van der Waals surface area contributed by atoms with Gasteiger partial charge >= 0.3 is 5.82 Å². The first-order valence-corrected chi connectivity index (χ1v) is 6.99. The fourth-order valence-corrected chi connectivity index (χ4v) is 2.32. The molecule has 22 heavy (non-hydrogen) atoms. The maximum atomic E-state index is 12.8. The number of halogens is 1. The van der Waals surface area contributed by atoms with Crippen LogP contribution in [0, 0.1) is 22.2 Å². The lowest BCUT2D eigenvalue weighted by atomic mass is 10.3. The summed E-state index contributed by atoms with van der Waals surface area (Å²) in [5.41, 5.74) is 2.77. The predicted octanol–water partition coefficient (Wildman–Crippen LogP) is 2.01. The molecule has 116 valence electrons. The standard InChI is InChI=1S/C12H12FN5O3S/c1-7-5-11(18(20)21)16-17(7)8(2)12(19)15-14-6-9-3-4-10(13)22-9/h3-6,8H,1-2H3,(H,15,19)/b14-6-/t8-/m0/s1. The summed E-state index contributed by atoms with van der Waals surface area (Å²) in [5.74, 6) is -0.816. The van der Waals surface area contributed by atoms with E-state index in [0.29, 0.717) is 10.6 Å². The van der Waals surface area contributed by atoms with E-state index >= 15 is 0 Å². The highest BCUT2D eigenvalue weighted by Gasteiger charge is 2.24. The van der Waals surface area contributed by atoms with Gasteiger partial charge in [-0.3, -0.25) is 4.79 Å². The molecule has 0 aliphatic carbocycles. The van der Waals surface area contributed by atoms with Gasteiger partial charge in [-0.15, -0.1) is 11.3 Å². The van der Waals surface area contributed by atoms with Crippen LogP contribution in [0.4, 0.5) is 10.2 Å². The third kappa shape index (κ3) is 3.52. The van der Waals surface area contributed by atoms with Gasteiger partial charge < -0.3 is 10.1 Å². The minimum Gasteiger partial charge on any atom is -0.358 e. The van der Waals surface area contributed by atoms with Crippen LogP contribution < -0.4 is 5.43 Å². The van der Waals surface area contributed by atoms with Crippen molar-refractivity contribution >= 4 is 29.3 Å². The van der Waals surface area contributed by atoms with Gasteiger partial charge in [-0.05, 0) is 30.9 Å². The zero-order chi connectivity index (χ0) is 16.3. The summed E-state index contributed by atoms with van der Waals surface area (Å²) in [6.07, 6.45) is 1.32. The van der Waals surface area contributed by atoms with Crippen molar-refractivity contribution in [1.82, 2.24) is 15.2 Å². The zero-order valence-corrected chi connectivity index (χ0v) is 12.5. The lowest BCUT2D eigenvalue weighted by molar-refractivity contribution is -0.389. The van der Waals surface area contributed by atoms with Crippen LogP contribution >= 0.6 is 11.3 Å². The molecule has 1 atom stereocenters. The minimum absolute atomic E-state index is 0.324. The Morgan fingerprint density at radius 2 is 2.36 bits per heavy atom. The Balaban J connectivity index is 2.03. The van der Waals surface area contributed by atoms with E-state index in [-0.39, 0.29) is 10.9 Å². The highest BCUT2D eigenvalue weighted by molar-refractivity contribution is 7.12. The summed E-state index contributed by atoms with van der Waals surface area (Å²) >= 11 is 0.893. The Bertz CT molecular complexity index is 739. The molecule has 8 nitrogen and oxygen atoms in total. The molecule has 0 radical (unpaired) electrons. The Morgan fingerprint density at radius 3 is 2.91 bits per heavy atom. The third-order valence-electron chi connectivity index (χ3n) is 2.80. The molecular weight excluding hydrogens is 313 g/mol. The molecule has 2 aromatic rings. The zero-order valence-electron chi connectivity index (χ0n) is 11.7. The van der Waals surface area contributed by atoms with E-state index in [2.05, 4.69) is 15.6 Å². The first kappa shape index (κ1) is 15.8. The average Bonchev–Trinajstić information content (AvgIpc) is 3.04. The molecule has 10 heteroatoms. The van der Waals surface area contributed by atoms with Crippen LogP contribution in [0.3, 0.4) is 0 Å². The van der Waals surface area contributed by atoms with Crippen molar-refractivity contribution in [3.63, 3.8) is 0 Å². The van der Waals surface area contributed by atoms with Crippen LogP contribution in [0.15, 0.2) is 23.3 Å². The number of nitro groups is 1. The van der Waals surface area contributed by atoms with Crippen molar-refractivity contribution in [1.29, 1.82) is 0 Å². The number of hydrogen-bond acceptors (Lipinski definition) is 6. The summed E-state index contributed by atoms with van der Waals surface area (Å²) in [5, 5.41) is 17.8. The van der Waals surface area contributed by atoms with E-state index in [1.54, 1.807) is 13.8 Å². The second-order valence-electron chi connectivity index (χ2n) is 4.40. The lowest BCUT2D eigenvalue weighted by Gasteiger charge is -2.08. The summed E-state index contributed by atoms with van der Waals surface area (Å²) in [6, 6.07) is 3.33. The van der Waals surface area contributed by atoms with Gasteiger partial charge in [0.25, 0.3) is 5.91 Å². The van der Waals surface area contributed by atoms with Gasteiger partial charge in [0.1, 0.15) is 0 Å². The fraction of sp³-hybridized carbons (Fsp3) is 0.250. The topological polar surface area (TPSA) is 102 Å². The van der Waals surface area contributed by atoms with Crippen LogP contribution in [0.25, 0.3) is 0 Å². The number of rotatable bonds is 5. The monoisotopic (exact) mass is 325 g/mol. The lowest BCUT2D eigenvalue weighted by Crippen LogP contribution is -2.28. The molecule has 0 fully saturated rings. The second kappa shape index (κ2) is 6.43. The number of amides is 1. The fourth-order valence-electron chi connectivity index (χ4n) is 1.71. The molecule has 0 aliphatic rings. The molecule has 2 aromatic heterocycles. The normalized spacial score (nSPS) is 12.5. The summed E-state index contributed by atoms with van der Waals surface area (Å²) < 4.78 is 14.0. The van der Waals surface area contributed by atoms with Crippen molar-refractivity contribution in [2.24, 2.45) is 5.10 Å². The van der Waals surface area contributed by atoms with E-state index in [9.17, 15) is 19.3 Å². The molecular formula is C12H12FN5O3S. The number of aromatic nitrogens is 2. The number of hydrazone groups is 1. The van der Waals surface area contributed by atoms with Gasteiger partial charge in [0.2, 0.25) is 0 Å². The highest BCUT2D eigenvalue weighted by atomic mass is 32.1. The van der Waals surface area contributed by atoms with Gasteiger partial charge in [-0.25, -0.2) is 5.43 Å². The largest absolute Gasteiger partial charge is 0.390 e. The van der Waals surface area contributed by atoms with Crippen LogP contribution in [-0.4, -0.2) is 26.8 Å². The van der Waals surface area contributed by atoms with Gasteiger partial charge in [0.05, 0.1) is 28.0 Å². The number of aryl methyl sites for hydroxylation is 1. The molecule has 0 unspecified atom stereocenters. The Labute approximate surface area is 128 Å². The Kier molecular flexibility index (Phi) is 4.61. The van der Waals surface area contributed by atoms with Crippen molar-refractivity contribution in [3.05, 3.63) is 44.0 Å². The molecule has 0 aliphatic heterocycles. The second-order valence-corrected chi connectivity index (χ2v) is 5.46. The molecule has 0 aromatic carbocycles. The molecule has 0 saturated heterocycles. The minimum atomic E-state index is -0.772. The van der Waals surface area contributed by atoms with E-state index in [1.807, 2.05) is 0 Å². The molecule has 0 spiro atoms. The van der Waals surface area contributed by atoms with Crippen LogP contribution in [0.1, 0.15) is 23.5 Å². The predicted molar refractivity (Wildman–Crippen MR) is 78.3 cm³/mol. The number of carbonyl (C=O) groups is 1. The van der Waals surface area contributed by atoms with Gasteiger partial charge in [-0.2, -0.15) is 14.2 Å². The van der Waals surface area contributed by atoms with Crippen LogP contribution in [0.2, 0.25) is 0 Å². The molecule has 2 rings (SSSR count). The van der Waals surface area contributed by atoms with Gasteiger partial charge in [0, 0.05) is 0 Å². The molecule has 2 heterocycles. The summed E-state index contributed by atoms with van der Waals surface area (Å²) in [7, 11) is 0. The first-order valence-electron chi connectivity index (χ1n) is 6.17. The maximum absolute atomic E-state index is 12.8. The molecule has 1 N–H and O–H groups in total. The first-order chi connectivity index (χ1) is 10.4. The maximum Gasteiger partial charge on any atom is 0.390 e. The van der Waals surface area contributed by atoms with Crippen molar-refractivity contribution < 1.29 is 14.1 Å². The van der Waals surface area contributed by atoms with E-state index in [4.69, 9.17) is 0 Å². The van der Waals surface area contributed by atoms with Crippen molar-refractivity contribution in [2.45, 2.75) is 19.9 Å². The number of nitrogens with one attached hydrogen (secondary N) is 1. The van der Waals surface area contributed by atoms with Crippen LogP contribution in [-0.2, 0) is 4.79 Å². The van der Waals surface area contributed by atoms with Crippen molar-refractivity contribution in [3.8, 4) is 0 Å². The summed E-state index contributed by atoms with van der Waals surface area (Å²) in [6.45, 7) is 3.15. The van der Waals surface area contributed by atoms with Gasteiger partial charge in [-0.1, -0.05) is 0 Å². The average molecular weight is 325 g/mol. The number of carbonyl (C=O) groups excluding carboxylic acids is 1. The van der Waals surface area contributed by atoms with E-state index in [0.717, 1.165) is 11.3 Å². The number of nitrogens with zero attached hydrogens (tertiary/aromatic N) is 4. The Morgan fingerprint density at radius 1 is 1.64 bits per heavy atom. The molecule has 1 amide bonds. The van der Waals surface area contributed by atoms with E-state index < -0.39 is 16.9 Å². The number of thiophene rings is 1. The third-order valence-corrected chi connectivity index (χ3v) is 3.61. The molecule has 0 bridgehead atoms.